The van der Waals surface area contributed by atoms with E-state index in [0.29, 0.717) is 18.0 Å². The molecule has 2 rings (SSSR count). The molecule has 0 bridgehead atoms. The molecule has 2 aromatic rings. The fourth-order valence-corrected chi connectivity index (χ4v) is 3.16. The molecule has 0 aliphatic heterocycles. The molecule has 1 unspecified atom stereocenters. The smallest absolute Gasteiger partial charge is 0.335 e. The number of rotatable bonds is 8. The SMILES string of the molecule is CCOc1ccc(NC(=O)CS(=O)Cc2ccc(C(=O)O)cc2)cc1. The molecule has 0 saturated carbocycles. The van der Waals surface area contributed by atoms with Crippen LogP contribution in [0.2, 0.25) is 0 Å². The maximum atomic E-state index is 12.1. The summed E-state index contributed by atoms with van der Waals surface area (Å²) in [5, 5.41) is 11.5. The van der Waals surface area contributed by atoms with Crippen LogP contribution in [-0.4, -0.2) is 33.6 Å². The van der Waals surface area contributed by atoms with Crippen molar-refractivity contribution in [2.75, 3.05) is 17.7 Å². The average Bonchev–Trinajstić information content (AvgIpc) is 2.57. The number of anilines is 1. The third-order valence-corrected chi connectivity index (χ3v) is 4.51. The van der Waals surface area contributed by atoms with Crippen LogP contribution in [0.4, 0.5) is 5.69 Å². The van der Waals surface area contributed by atoms with Gasteiger partial charge in [-0.3, -0.25) is 9.00 Å². The lowest BCUT2D eigenvalue weighted by Gasteiger charge is -2.07. The second-order valence-electron chi connectivity index (χ2n) is 5.24. The molecule has 0 aliphatic carbocycles. The van der Waals surface area contributed by atoms with E-state index >= 15 is 0 Å². The monoisotopic (exact) mass is 361 g/mol. The van der Waals surface area contributed by atoms with Crippen LogP contribution < -0.4 is 10.1 Å². The van der Waals surface area contributed by atoms with Crippen molar-refractivity contribution in [2.45, 2.75) is 12.7 Å². The molecule has 1 atom stereocenters. The van der Waals surface area contributed by atoms with E-state index in [1.54, 1.807) is 36.4 Å². The number of carboxylic acid groups (broad SMARTS) is 1. The van der Waals surface area contributed by atoms with Gasteiger partial charge in [-0.15, -0.1) is 0 Å². The highest BCUT2D eigenvalue weighted by Crippen LogP contribution is 2.15. The molecule has 0 spiro atoms. The molecule has 0 saturated heterocycles. The van der Waals surface area contributed by atoms with Gasteiger partial charge in [0.15, 0.2) is 0 Å². The third kappa shape index (κ3) is 6.04. The van der Waals surface area contributed by atoms with Gasteiger partial charge in [-0.25, -0.2) is 4.79 Å². The van der Waals surface area contributed by atoms with Crippen molar-refractivity contribution < 1.29 is 23.6 Å². The fourth-order valence-electron chi connectivity index (χ4n) is 2.12. The summed E-state index contributed by atoms with van der Waals surface area (Å²) in [6, 6.07) is 13.0. The lowest BCUT2D eigenvalue weighted by atomic mass is 10.1. The summed E-state index contributed by atoms with van der Waals surface area (Å²) in [7, 11) is -1.38. The van der Waals surface area contributed by atoms with Gasteiger partial charge in [0, 0.05) is 22.2 Å². The molecule has 6 nitrogen and oxygen atoms in total. The standard InChI is InChI=1S/C18H19NO5S/c1-2-24-16-9-7-15(8-10-16)19-17(20)12-25(23)11-13-3-5-14(6-4-13)18(21)22/h3-10H,2,11-12H2,1H3,(H,19,20)(H,21,22). The molecule has 2 N–H and O–H groups in total. The first-order valence-corrected chi connectivity index (χ1v) is 9.16. The van der Waals surface area contributed by atoms with Gasteiger partial charge in [0.1, 0.15) is 11.5 Å². The van der Waals surface area contributed by atoms with E-state index < -0.39 is 16.8 Å². The molecule has 25 heavy (non-hydrogen) atoms. The van der Waals surface area contributed by atoms with E-state index in [4.69, 9.17) is 9.84 Å². The van der Waals surface area contributed by atoms with Crippen LogP contribution in [0.15, 0.2) is 48.5 Å². The van der Waals surface area contributed by atoms with Crippen molar-refractivity contribution in [3.05, 3.63) is 59.7 Å². The Labute approximate surface area is 148 Å². The second kappa shape index (κ2) is 8.98. The number of nitrogens with one attached hydrogen (secondary N) is 1. The van der Waals surface area contributed by atoms with Crippen molar-refractivity contribution in [1.82, 2.24) is 0 Å². The van der Waals surface area contributed by atoms with Gasteiger partial charge >= 0.3 is 5.97 Å². The second-order valence-corrected chi connectivity index (χ2v) is 6.69. The zero-order chi connectivity index (χ0) is 18.2. The van der Waals surface area contributed by atoms with Crippen molar-refractivity contribution in [2.24, 2.45) is 0 Å². The molecule has 0 radical (unpaired) electrons. The van der Waals surface area contributed by atoms with Gasteiger partial charge in [0.2, 0.25) is 5.91 Å². The van der Waals surface area contributed by atoms with E-state index in [9.17, 15) is 13.8 Å². The maximum Gasteiger partial charge on any atom is 0.335 e. The molecule has 0 heterocycles. The number of aromatic carboxylic acids is 1. The Balaban J connectivity index is 1.85. The van der Waals surface area contributed by atoms with E-state index in [0.717, 1.165) is 5.56 Å². The highest BCUT2D eigenvalue weighted by Gasteiger charge is 2.10. The van der Waals surface area contributed by atoms with Crippen LogP contribution in [0, 0.1) is 0 Å². The van der Waals surface area contributed by atoms with Gasteiger partial charge in [-0.2, -0.15) is 0 Å². The van der Waals surface area contributed by atoms with Gasteiger partial charge in [-0.1, -0.05) is 12.1 Å². The first-order valence-electron chi connectivity index (χ1n) is 7.68. The number of amides is 1. The molecular formula is C18H19NO5S. The predicted molar refractivity (Wildman–Crippen MR) is 96.4 cm³/mol. The summed E-state index contributed by atoms with van der Waals surface area (Å²) < 4.78 is 17.4. The average molecular weight is 361 g/mol. The highest BCUT2D eigenvalue weighted by molar-refractivity contribution is 7.84. The minimum absolute atomic E-state index is 0.131. The van der Waals surface area contributed by atoms with E-state index in [1.165, 1.54) is 12.1 Å². The maximum absolute atomic E-state index is 12.1. The number of ether oxygens (including phenoxy) is 1. The molecule has 1 amide bonds. The molecule has 2 aromatic carbocycles. The number of hydrogen-bond donors (Lipinski definition) is 2. The quantitative estimate of drug-likeness (QED) is 0.754. The normalized spacial score (nSPS) is 11.6. The van der Waals surface area contributed by atoms with Crippen molar-refractivity contribution in [1.29, 1.82) is 0 Å². The molecule has 132 valence electrons. The Morgan fingerprint density at radius 2 is 1.72 bits per heavy atom. The zero-order valence-electron chi connectivity index (χ0n) is 13.7. The van der Waals surface area contributed by atoms with Crippen LogP contribution in [0.25, 0.3) is 0 Å². The number of carboxylic acids is 1. The van der Waals surface area contributed by atoms with Gasteiger partial charge < -0.3 is 15.2 Å². The summed E-state index contributed by atoms with van der Waals surface area (Å²) in [4.78, 5) is 22.7. The number of hydrogen-bond acceptors (Lipinski definition) is 4. The number of carbonyl (C=O) groups excluding carboxylic acids is 1. The van der Waals surface area contributed by atoms with Crippen LogP contribution >= 0.6 is 0 Å². The lowest BCUT2D eigenvalue weighted by molar-refractivity contribution is -0.113. The van der Waals surface area contributed by atoms with E-state index in [2.05, 4.69) is 5.32 Å². The topological polar surface area (TPSA) is 92.7 Å². The first-order chi connectivity index (χ1) is 12.0. The van der Waals surface area contributed by atoms with Crippen molar-refractivity contribution in [3.8, 4) is 5.75 Å². The Bertz CT molecular complexity index is 756. The van der Waals surface area contributed by atoms with Crippen molar-refractivity contribution >= 4 is 28.4 Å². The summed E-state index contributed by atoms with van der Waals surface area (Å²) >= 11 is 0. The van der Waals surface area contributed by atoms with Crippen LogP contribution in [-0.2, 0) is 21.3 Å². The largest absolute Gasteiger partial charge is 0.494 e. The number of benzene rings is 2. The lowest BCUT2D eigenvalue weighted by Crippen LogP contribution is -2.20. The zero-order valence-corrected chi connectivity index (χ0v) is 14.5. The Morgan fingerprint density at radius 3 is 2.28 bits per heavy atom. The molecular weight excluding hydrogens is 342 g/mol. The summed E-state index contributed by atoms with van der Waals surface area (Å²) in [6.07, 6.45) is 0. The molecule has 0 fully saturated rings. The van der Waals surface area contributed by atoms with Crippen LogP contribution in [0.1, 0.15) is 22.8 Å². The fraction of sp³-hybridized carbons (Fsp3) is 0.222. The number of carbonyl (C=O) groups is 2. The highest BCUT2D eigenvalue weighted by atomic mass is 32.2. The Morgan fingerprint density at radius 1 is 1.08 bits per heavy atom. The Hall–Kier alpha value is -2.67. The molecule has 7 heteroatoms. The predicted octanol–water partition coefficient (Wildman–Crippen LogP) is 2.67. The minimum atomic E-state index is -1.38. The van der Waals surface area contributed by atoms with Crippen molar-refractivity contribution in [3.63, 3.8) is 0 Å². The molecule has 0 aliphatic rings. The van der Waals surface area contributed by atoms with Crippen LogP contribution in [0.3, 0.4) is 0 Å². The summed E-state index contributed by atoms with van der Waals surface area (Å²) in [6.45, 7) is 2.46. The Kier molecular flexibility index (Phi) is 6.71. The van der Waals surface area contributed by atoms with Gasteiger partial charge in [0.05, 0.1) is 12.2 Å². The summed E-state index contributed by atoms with van der Waals surface area (Å²) in [5.74, 6) is -0.578. The van der Waals surface area contributed by atoms with Crippen LogP contribution in [0.5, 0.6) is 5.75 Å². The first kappa shape index (κ1) is 18.7. The minimum Gasteiger partial charge on any atom is -0.494 e. The summed E-state index contributed by atoms with van der Waals surface area (Å²) in [5.41, 5.74) is 1.50. The van der Waals surface area contributed by atoms with Gasteiger partial charge in [0.25, 0.3) is 0 Å². The van der Waals surface area contributed by atoms with E-state index in [-0.39, 0.29) is 23.0 Å². The third-order valence-electron chi connectivity index (χ3n) is 3.27. The van der Waals surface area contributed by atoms with E-state index in [1.807, 2.05) is 6.92 Å². The molecule has 0 aromatic heterocycles. The van der Waals surface area contributed by atoms with Gasteiger partial charge in [-0.05, 0) is 48.9 Å².